The van der Waals surface area contributed by atoms with Gasteiger partial charge in [-0.1, -0.05) is 0 Å². The third kappa shape index (κ3) is 4.58. The second-order valence-electron chi connectivity index (χ2n) is 0.847. The number of hydrogen-bond acceptors (Lipinski definition) is 1. The summed E-state index contributed by atoms with van der Waals surface area (Å²) in [5.41, 5.74) is 0. The van der Waals surface area contributed by atoms with E-state index in [0.717, 1.165) is 0 Å². The van der Waals surface area contributed by atoms with Gasteiger partial charge in [-0.25, -0.2) is 0 Å². The van der Waals surface area contributed by atoms with Gasteiger partial charge in [0.15, 0.2) is 0 Å². The van der Waals surface area contributed by atoms with Gasteiger partial charge in [0.1, 0.15) is 0 Å². The van der Waals surface area contributed by atoms with Crippen LogP contribution in [-0.4, -0.2) is 15.7 Å². The Morgan fingerprint density at radius 2 is 1.83 bits per heavy atom. The highest BCUT2D eigenvalue weighted by atomic mass is 31.2. The molecule has 5 heteroatoms. The molecule has 0 amide bonds. The third-order valence-electron chi connectivity index (χ3n) is 0.238. The fraction of sp³-hybridized carbons (Fsp3) is 1.00. The van der Waals surface area contributed by atoms with E-state index in [1.165, 1.54) is 0 Å². The minimum atomic E-state index is -3.68. The molecule has 0 aromatic carbocycles. The van der Waals surface area contributed by atoms with Crippen LogP contribution in [0.2, 0.25) is 0 Å². The Morgan fingerprint density at radius 3 is 1.83 bits per heavy atom. The van der Waals surface area contributed by atoms with E-state index in [-0.39, 0.29) is 5.90 Å². The topological polar surface area (TPSA) is 57.5 Å². The van der Waals surface area contributed by atoms with Crippen molar-refractivity contribution < 1.29 is 14.4 Å². The zero-order chi connectivity index (χ0) is 5.21. The molecule has 38 valence electrons. The highest BCUT2D eigenvalue weighted by Gasteiger charge is 2.05. The van der Waals surface area contributed by atoms with Gasteiger partial charge in [-0.15, -0.1) is 9.24 Å². The van der Waals surface area contributed by atoms with E-state index >= 15 is 0 Å². The van der Waals surface area contributed by atoms with Crippen LogP contribution < -0.4 is 0 Å². The van der Waals surface area contributed by atoms with Crippen molar-refractivity contribution >= 4 is 16.8 Å². The van der Waals surface area contributed by atoms with Crippen LogP contribution in [0, 0.1) is 0 Å². The van der Waals surface area contributed by atoms with Crippen molar-refractivity contribution in [2.24, 2.45) is 0 Å². The van der Waals surface area contributed by atoms with Crippen molar-refractivity contribution in [3.05, 3.63) is 0 Å². The first-order chi connectivity index (χ1) is 2.56. The van der Waals surface area contributed by atoms with E-state index in [4.69, 9.17) is 9.79 Å². The lowest BCUT2D eigenvalue weighted by atomic mass is 11.9. The highest BCUT2D eigenvalue weighted by molar-refractivity contribution is 7.59. The summed E-state index contributed by atoms with van der Waals surface area (Å²) >= 11 is 0. The lowest BCUT2D eigenvalue weighted by Gasteiger charge is -1.92. The first kappa shape index (κ1) is 6.58. The fourth-order valence-electron chi connectivity index (χ4n) is 0. The minimum absolute atomic E-state index is 0.146. The SMILES string of the molecule is O=P(O)(O)CP. The molecule has 0 saturated carbocycles. The molecule has 0 bridgehead atoms. The summed E-state index contributed by atoms with van der Waals surface area (Å²) in [6.07, 6.45) is 0. The van der Waals surface area contributed by atoms with Crippen molar-refractivity contribution in [2.45, 2.75) is 0 Å². The van der Waals surface area contributed by atoms with Crippen LogP contribution in [0.4, 0.5) is 0 Å². The zero-order valence-corrected chi connectivity index (χ0v) is 5.08. The van der Waals surface area contributed by atoms with E-state index in [9.17, 15) is 4.57 Å². The van der Waals surface area contributed by atoms with Crippen molar-refractivity contribution in [1.29, 1.82) is 0 Å². The number of rotatable bonds is 1. The smallest absolute Gasteiger partial charge is 0.324 e. The maximum atomic E-state index is 9.67. The minimum Gasteiger partial charge on any atom is -0.324 e. The van der Waals surface area contributed by atoms with Crippen LogP contribution >= 0.6 is 16.8 Å². The van der Waals surface area contributed by atoms with Crippen LogP contribution in [0.5, 0.6) is 0 Å². The van der Waals surface area contributed by atoms with Crippen LogP contribution in [0.15, 0.2) is 0 Å². The quantitative estimate of drug-likeness (QED) is 0.488. The molecule has 0 saturated heterocycles. The van der Waals surface area contributed by atoms with Gasteiger partial charge in [-0.05, 0) is 0 Å². The van der Waals surface area contributed by atoms with Crippen molar-refractivity contribution in [1.82, 2.24) is 0 Å². The molecular formula is CH6O3P2. The molecule has 0 aromatic heterocycles. The Hall–Kier alpha value is 0.580. The second-order valence-corrected chi connectivity index (χ2v) is 3.64. The Kier molecular flexibility index (Phi) is 2.23. The largest absolute Gasteiger partial charge is 0.329 e. The van der Waals surface area contributed by atoms with Gasteiger partial charge < -0.3 is 9.79 Å². The average molecular weight is 128 g/mol. The molecule has 0 aromatic rings. The predicted molar refractivity (Wildman–Crippen MR) is 26.6 cm³/mol. The van der Waals surface area contributed by atoms with Crippen molar-refractivity contribution in [3.63, 3.8) is 0 Å². The summed E-state index contributed by atoms with van der Waals surface area (Å²) in [7, 11) is -1.72. The van der Waals surface area contributed by atoms with Gasteiger partial charge in [0.25, 0.3) is 0 Å². The molecule has 1 atom stereocenters. The molecule has 0 heterocycles. The van der Waals surface area contributed by atoms with Gasteiger partial charge in [0, 0.05) is 0 Å². The van der Waals surface area contributed by atoms with Gasteiger partial charge in [0.2, 0.25) is 0 Å². The standard InChI is InChI=1S/CH6O3P2/c2-6(3,4)1-5/h1,5H2,(H2,2,3,4). The molecule has 0 aliphatic carbocycles. The molecule has 0 rings (SSSR count). The molecule has 2 N–H and O–H groups in total. The van der Waals surface area contributed by atoms with Crippen LogP contribution in [0.25, 0.3) is 0 Å². The lowest BCUT2D eigenvalue weighted by molar-refractivity contribution is 0.379. The van der Waals surface area contributed by atoms with Crippen LogP contribution in [0.3, 0.4) is 0 Å². The maximum Gasteiger partial charge on any atom is 0.329 e. The fourth-order valence-corrected chi connectivity index (χ4v) is 0. The van der Waals surface area contributed by atoms with Gasteiger partial charge in [-0.2, -0.15) is 0 Å². The summed E-state index contributed by atoms with van der Waals surface area (Å²) < 4.78 is 9.67. The van der Waals surface area contributed by atoms with Crippen LogP contribution in [-0.2, 0) is 4.57 Å². The maximum absolute atomic E-state index is 9.67. The second kappa shape index (κ2) is 2.04. The van der Waals surface area contributed by atoms with E-state index in [1.54, 1.807) is 0 Å². The van der Waals surface area contributed by atoms with Crippen molar-refractivity contribution in [3.8, 4) is 0 Å². The normalized spacial score (nSPS) is 11.8. The Morgan fingerprint density at radius 1 is 1.67 bits per heavy atom. The first-order valence-corrected chi connectivity index (χ1v) is 3.92. The summed E-state index contributed by atoms with van der Waals surface area (Å²) in [4.78, 5) is 15.8. The molecule has 0 fully saturated rings. The van der Waals surface area contributed by atoms with E-state index in [2.05, 4.69) is 0 Å². The van der Waals surface area contributed by atoms with Gasteiger partial charge >= 0.3 is 7.60 Å². The molecule has 0 aliphatic heterocycles. The summed E-state index contributed by atoms with van der Waals surface area (Å²) in [5, 5.41) is 0. The van der Waals surface area contributed by atoms with E-state index < -0.39 is 7.60 Å². The summed E-state index contributed by atoms with van der Waals surface area (Å²) in [6.45, 7) is 0. The Balaban J connectivity index is 3.48. The van der Waals surface area contributed by atoms with Gasteiger partial charge in [0.05, 0.1) is 5.90 Å². The molecule has 0 radical (unpaired) electrons. The molecule has 3 nitrogen and oxygen atoms in total. The Bertz CT molecular complexity index is 72.9. The summed E-state index contributed by atoms with van der Waals surface area (Å²) in [5.74, 6) is -0.146. The first-order valence-electron chi connectivity index (χ1n) is 1.31. The van der Waals surface area contributed by atoms with Crippen LogP contribution in [0.1, 0.15) is 0 Å². The molecule has 0 spiro atoms. The molecule has 1 unspecified atom stereocenters. The third-order valence-corrected chi connectivity index (χ3v) is 2.14. The van der Waals surface area contributed by atoms with E-state index in [1.807, 2.05) is 9.24 Å². The van der Waals surface area contributed by atoms with E-state index in [0.29, 0.717) is 0 Å². The molecule has 6 heavy (non-hydrogen) atoms. The average Bonchev–Trinajstić information content (AvgIpc) is 1.35. The van der Waals surface area contributed by atoms with Gasteiger partial charge in [-0.3, -0.25) is 4.57 Å². The van der Waals surface area contributed by atoms with Crippen molar-refractivity contribution in [2.75, 3.05) is 5.90 Å². The monoisotopic (exact) mass is 128 g/mol. The predicted octanol–water partition coefficient (Wildman–Crippen LogP) is -0.00330. The zero-order valence-electron chi connectivity index (χ0n) is 3.03. The lowest BCUT2D eigenvalue weighted by Crippen LogP contribution is -1.72. The number of hydrogen-bond donors (Lipinski definition) is 2. The molecular weight excluding hydrogens is 122 g/mol. The Labute approximate surface area is 38.1 Å². The highest BCUT2D eigenvalue weighted by Crippen LogP contribution is 2.35. The molecule has 0 aliphatic rings. The summed E-state index contributed by atoms with van der Waals surface area (Å²) in [6, 6.07) is 0.